The lowest BCUT2D eigenvalue weighted by atomic mass is 10.2. The predicted octanol–water partition coefficient (Wildman–Crippen LogP) is 1.61. The van der Waals surface area contributed by atoms with E-state index in [0.29, 0.717) is 18.1 Å². The van der Waals surface area contributed by atoms with E-state index in [9.17, 15) is 9.59 Å². The van der Waals surface area contributed by atoms with Gasteiger partial charge in [-0.25, -0.2) is 0 Å². The molecule has 0 fully saturated rings. The van der Waals surface area contributed by atoms with Crippen LogP contribution >= 0.6 is 11.6 Å². The second kappa shape index (κ2) is 7.50. The lowest BCUT2D eigenvalue weighted by molar-refractivity contribution is -0.119. The molecule has 1 aromatic carbocycles. The zero-order valence-electron chi connectivity index (χ0n) is 10.1. The van der Waals surface area contributed by atoms with Crippen LogP contribution in [0.3, 0.4) is 0 Å². The van der Waals surface area contributed by atoms with E-state index in [1.807, 2.05) is 12.1 Å². The van der Waals surface area contributed by atoms with Crippen LogP contribution in [0.2, 0.25) is 5.02 Å². The summed E-state index contributed by atoms with van der Waals surface area (Å²) in [7, 11) is 0. The summed E-state index contributed by atoms with van der Waals surface area (Å²) in [5.74, 6) is -0.320. The van der Waals surface area contributed by atoms with Gasteiger partial charge >= 0.3 is 0 Å². The highest BCUT2D eigenvalue weighted by Crippen LogP contribution is 2.11. The SMILES string of the molecule is CC(=O)NCCNC(=O)/C=C/c1cccc(Cl)c1. The normalized spacial score (nSPS) is 10.3. The molecular weight excluding hydrogens is 252 g/mol. The maximum absolute atomic E-state index is 11.4. The zero-order chi connectivity index (χ0) is 13.4. The molecule has 0 radical (unpaired) electrons. The van der Waals surface area contributed by atoms with Crippen molar-refractivity contribution in [1.82, 2.24) is 10.6 Å². The third kappa shape index (κ3) is 6.06. The molecule has 0 saturated heterocycles. The zero-order valence-corrected chi connectivity index (χ0v) is 10.8. The van der Waals surface area contributed by atoms with Crippen molar-refractivity contribution < 1.29 is 9.59 Å². The molecule has 1 aromatic rings. The lowest BCUT2D eigenvalue weighted by Gasteiger charge is -2.02. The fourth-order valence-corrected chi connectivity index (χ4v) is 1.46. The molecule has 0 bridgehead atoms. The molecule has 0 aromatic heterocycles. The minimum absolute atomic E-state index is 0.112. The number of benzene rings is 1. The molecule has 0 saturated carbocycles. The van der Waals surface area contributed by atoms with E-state index < -0.39 is 0 Å². The van der Waals surface area contributed by atoms with Crippen molar-refractivity contribution in [3.63, 3.8) is 0 Å². The highest BCUT2D eigenvalue weighted by Gasteiger charge is 1.95. The van der Waals surface area contributed by atoms with E-state index in [-0.39, 0.29) is 11.8 Å². The Morgan fingerprint density at radius 3 is 2.67 bits per heavy atom. The van der Waals surface area contributed by atoms with Gasteiger partial charge in [-0.3, -0.25) is 9.59 Å². The number of hydrogen-bond acceptors (Lipinski definition) is 2. The Bertz CT molecular complexity index is 458. The van der Waals surface area contributed by atoms with Gasteiger partial charge in [-0.1, -0.05) is 23.7 Å². The number of nitrogens with one attached hydrogen (secondary N) is 2. The quantitative estimate of drug-likeness (QED) is 0.628. The molecule has 0 unspecified atom stereocenters. The number of rotatable bonds is 5. The van der Waals surface area contributed by atoms with Crippen LogP contribution in [-0.4, -0.2) is 24.9 Å². The summed E-state index contributed by atoms with van der Waals surface area (Å²) in [6, 6.07) is 7.21. The van der Waals surface area contributed by atoms with Crippen LogP contribution in [0.5, 0.6) is 0 Å². The monoisotopic (exact) mass is 266 g/mol. The number of halogens is 1. The molecule has 0 aliphatic heterocycles. The van der Waals surface area contributed by atoms with Crippen molar-refractivity contribution in [3.8, 4) is 0 Å². The van der Waals surface area contributed by atoms with Crippen molar-refractivity contribution in [2.45, 2.75) is 6.92 Å². The molecule has 5 heteroatoms. The largest absolute Gasteiger partial charge is 0.355 e. The van der Waals surface area contributed by atoms with Crippen LogP contribution < -0.4 is 10.6 Å². The van der Waals surface area contributed by atoms with Crippen LogP contribution in [0, 0.1) is 0 Å². The van der Waals surface area contributed by atoms with Gasteiger partial charge in [0.05, 0.1) is 0 Å². The van der Waals surface area contributed by atoms with Crippen molar-refractivity contribution in [1.29, 1.82) is 0 Å². The van der Waals surface area contributed by atoms with Gasteiger partial charge < -0.3 is 10.6 Å². The van der Waals surface area contributed by atoms with Gasteiger partial charge in [-0.2, -0.15) is 0 Å². The minimum Gasteiger partial charge on any atom is -0.355 e. The summed E-state index contributed by atoms with van der Waals surface area (Å²) in [6.07, 6.45) is 3.11. The topological polar surface area (TPSA) is 58.2 Å². The van der Waals surface area contributed by atoms with E-state index in [1.54, 1.807) is 18.2 Å². The summed E-state index contributed by atoms with van der Waals surface area (Å²) in [6.45, 7) is 2.26. The van der Waals surface area contributed by atoms with Crippen LogP contribution in [0.1, 0.15) is 12.5 Å². The Morgan fingerprint density at radius 2 is 2.00 bits per heavy atom. The molecule has 1 rings (SSSR count). The summed E-state index contributed by atoms with van der Waals surface area (Å²) < 4.78 is 0. The molecule has 18 heavy (non-hydrogen) atoms. The average molecular weight is 267 g/mol. The Balaban J connectivity index is 2.33. The molecule has 2 amide bonds. The van der Waals surface area contributed by atoms with Gasteiger partial charge in [0.1, 0.15) is 0 Å². The van der Waals surface area contributed by atoms with Crippen LogP contribution in [0.4, 0.5) is 0 Å². The van der Waals surface area contributed by atoms with Gasteiger partial charge in [0.2, 0.25) is 11.8 Å². The van der Waals surface area contributed by atoms with E-state index in [4.69, 9.17) is 11.6 Å². The predicted molar refractivity (Wildman–Crippen MR) is 72.2 cm³/mol. The van der Waals surface area contributed by atoms with Crippen molar-refractivity contribution in [2.75, 3.05) is 13.1 Å². The second-order valence-electron chi connectivity index (χ2n) is 3.66. The highest BCUT2D eigenvalue weighted by molar-refractivity contribution is 6.30. The fraction of sp³-hybridized carbons (Fsp3) is 0.231. The summed E-state index contributed by atoms with van der Waals surface area (Å²) in [5, 5.41) is 5.86. The number of carbonyl (C=O) groups is 2. The molecule has 2 N–H and O–H groups in total. The molecular formula is C13H15ClN2O2. The molecule has 0 atom stereocenters. The summed E-state index contributed by atoms with van der Waals surface area (Å²) in [4.78, 5) is 22.0. The van der Waals surface area contributed by atoms with Crippen molar-refractivity contribution >= 4 is 29.5 Å². The Hall–Kier alpha value is -1.81. The van der Waals surface area contributed by atoms with Gasteiger partial charge in [0.25, 0.3) is 0 Å². The van der Waals surface area contributed by atoms with Gasteiger partial charge in [-0.05, 0) is 23.8 Å². The number of amides is 2. The average Bonchev–Trinajstić information content (AvgIpc) is 2.32. The lowest BCUT2D eigenvalue weighted by Crippen LogP contribution is -2.32. The van der Waals surface area contributed by atoms with E-state index in [0.717, 1.165) is 5.56 Å². The first-order chi connectivity index (χ1) is 8.58. The molecule has 96 valence electrons. The molecule has 0 aliphatic rings. The number of carbonyl (C=O) groups excluding carboxylic acids is 2. The van der Waals surface area contributed by atoms with E-state index in [2.05, 4.69) is 10.6 Å². The van der Waals surface area contributed by atoms with Crippen LogP contribution in [-0.2, 0) is 9.59 Å². The first kappa shape index (κ1) is 14.3. The molecule has 0 aliphatic carbocycles. The maximum atomic E-state index is 11.4. The first-order valence-electron chi connectivity index (χ1n) is 5.54. The maximum Gasteiger partial charge on any atom is 0.244 e. The van der Waals surface area contributed by atoms with Gasteiger partial charge in [0.15, 0.2) is 0 Å². The molecule has 0 heterocycles. The van der Waals surface area contributed by atoms with E-state index >= 15 is 0 Å². The van der Waals surface area contributed by atoms with Gasteiger partial charge in [-0.15, -0.1) is 0 Å². The smallest absolute Gasteiger partial charge is 0.244 e. The van der Waals surface area contributed by atoms with Crippen LogP contribution in [0.15, 0.2) is 30.3 Å². The minimum atomic E-state index is -0.208. The summed E-state index contributed by atoms with van der Waals surface area (Å²) in [5.41, 5.74) is 0.861. The first-order valence-corrected chi connectivity index (χ1v) is 5.91. The Morgan fingerprint density at radius 1 is 1.28 bits per heavy atom. The second-order valence-corrected chi connectivity index (χ2v) is 4.10. The van der Waals surface area contributed by atoms with Gasteiger partial charge in [0, 0.05) is 31.1 Å². The van der Waals surface area contributed by atoms with Crippen molar-refractivity contribution in [3.05, 3.63) is 40.9 Å². The Kier molecular flexibility index (Phi) is 5.94. The van der Waals surface area contributed by atoms with Crippen molar-refractivity contribution in [2.24, 2.45) is 0 Å². The fourth-order valence-electron chi connectivity index (χ4n) is 1.27. The third-order valence-corrected chi connectivity index (χ3v) is 2.31. The summed E-state index contributed by atoms with van der Waals surface area (Å²) >= 11 is 5.82. The third-order valence-electron chi connectivity index (χ3n) is 2.07. The molecule has 4 nitrogen and oxygen atoms in total. The highest BCUT2D eigenvalue weighted by atomic mass is 35.5. The number of hydrogen-bond donors (Lipinski definition) is 2. The van der Waals surface area contributed by atoms with Crippen LogP contribution in [0.25, 0.3) is 6.08 Å². The Labute approximate surface area is 111 Å². The van der Waals surface area contributed by atoms with E-state index in [1.165, 1.54) is 13.0 Å². The standard InChI is InChI=1S/C13H15ClN2O2/c1-10(17)15-7-8-16-13(18)6-5-11-3-2-4-12(14)9-11/h2-6,9H,7-8H2,1H3,(H,15,17)(H,16,18)/b6-5+. The molecule has 0 spiro atoms.